The number of rotatable bonds is 10. The summed E-state index contributed by atoms with van der Waals surface area (Å²) in [6, 6.07) is 9.57. The summed E-state index contributed by atoms with van der Waals surface area (Å²) in [7, 11) is -2.52. The van der Waals surface area contributed by atoms with Crippen LogP contribution in [0.4, 0.5) is 14.5 Å². The Kier molecular flexibility index (Phi) is 11.2. The van der Waals surface area contributed by atoms with Crippen LogP contribution in [0, 0.1) is 5.41 Å². The van der Waals surface area contributed by atoms with Gasteiger partial charge in [0.1, 0.15) is 12.1 Å². The van der Waals surface area contributed by atoms with Crippen LogP contribution in [-0.2, 0) is 24.6 Å². The minimum absolute atomic E-state index is 0.0732. The number of carbonyl (C=O) groups is 4. The maximum Gasteiger partial charge on any atom is 0.399 e. The molecule has 3 N–H and O–H groups in total. The number of hydrogen-bond acceptors (Lipinski definition) is 6. The lowest BCUT2D eigenvalue weighted by Crippen LogP contribution is -2.58. The molecule has 4 amide bonds. The number of thiophene rings is 1. The average Bonchev–Trinajstić information content (AvgIpc) is 3.66. The lowest BCUT2D eigenvalue weighted by Gasteiger charge is -2.36. The quantitative estimate of drug-likeness (QED) is 0.230. The van der Waals surface area contributed by atoms with Gasteiger partial charge in [0.05, 0.1) is 4.88 Å². The van der Waals surface area contributed by atoms with Crippen LogP contribution >= 0.6 is 34.9 Å². The predicted octanol–water partition coefficient (Wildman–Crippen LogP) is 5.54. The van der Waals surface area contributed by atoms with Gasteiger partial charge < -0.3 is 29.8 Å². The van der Waals surface area contributed by atoms with Crippen molar-refractivity contribution in [3.63, 3.8) is 0 Å². The van der Waals surface area contributed by atoms with Crippen LogP contribution in [0.1, 0.15) is 55.3 Å². The highest BCUT2D eigenvalue weighted by Crippen LogP contribution is 2.59. The smallest absolute Gasteiger partial charge is 0.349 e. The van der Waals surface area contributed by atoms with Gasteiger partial charge in [0.15, 0.2) is 0 Å². The number of anilines is 1. The standard InChI is InChI=1S/C32H38BrF2N4O7PS/c1-31(2,3)27(36-28(41)25-18-19-17-20(8-13-24(19)48-25)32(34,35)47(44,45)46)30(43)39-15-6-7-23(39)29(42)38(16-14-26(40)37(4)5)22-11-9-21(33)10-12-22/h8-13,17-18,23,27H,6-7,14-16H2,1-5H3,(H,36,41)(H2,44,45,46)/t23-,27?/m0/s1. The van der Waals surface area contributed by atoms with E-state index in [1.165, 1.54) is 26.8 Å². The van der Waals surface area contributed by atoms with Crippen LogP contribution in [0.5, 0.6) is 0 Å². The minimum atomic E-state index is -5.79. The third kappa shape index (κ3) is 8.14. The van der Waals surface area contributed by atoms with Crippen molar-refractivity contribution < 1.29 is 42.3 Å². The third-order valence-electron chi connectivity index (χ3n) is 8.11. The van der Waals surface area contributed by atoms with E-state index in [1.54, 1.807) is 59.1 Å². The number of carbonyl (C=O) groups excluding carboxylic acids is 4. The summed E-state index contributed by atoms with van der Waals surface area (Å²) in [5.41, 5.74) is -5.53. The van der Waals surface area contributed by atoms with Crippen molar-refractivity contribution in [2.75, 3.05) is 32.1 Å². The molecule has 48 heavy (non-hydrogen) atoms. The molecule has 1 saturated heterocycles. The number of nitrogens with zero attached hydrogens (tertiary/aromatic N) is 3. The molecule has 16 heteroatoms. The number of benzene rings is 2. The normalized spacial score (nSPS) is 16.1. The second-order valence-electron chi connectivity index (χ2n) is 12.9. The lowest BCUT2D eigenvalue weighted by atomic mass is 9.85. The molecule has 2 aromatic carbocycles. The van der Waals surface area contributed by atoms with Crippen LogP contribution < -0.4 is 10.2 Å². The van der Waals surface area contributed by atoms with E-state index < -0.39 is 48.1 Å². The monoisotopic (exact) mass is 770 g/mol. The number of likely N-dealkylation sites (tertiary alicyclic amines) is 1. The van der Waals surface area contributed by atoms with Gasteiger partial charge in [-0.25, -0.2) is 0 Å². The number of nitrogens with one attached hydrogen (secondary N) is 1. The highest BCUT2D eigenvalue weighted by molar-refractivity contribution is 9.10. The molecular weight excluding hydrogens is 733 g/mol. The number of alkyl halides is 2. The summed E-state index contributed by atoms with van der Waals surface area (Å²) in [6.07, 6.45) is 1.02. The van der Waals surface area contributed by atoms with Gasteiger partial charge in [-0.05, 0) is 66.1 Å². The Bertz CT molecular complexity index is 1760. The third-order valence-corrected chi connectivity index (χ3v) is 10.7. The van der Waals surface area contributed by atoms with Crippen molar-refractivity contribution >= 4 is 74.3 Å². The fourth-order valence-electron chi connectivity index (χ4n) is 5.41. The maximum absolute atomic E-state index is 14.3. The van der Waals surface area contributed by atoms with E-state index in [0.29, 0.717) is 23.2 Å². The van der Waals surface area contributed by atoms with Crippen molar-refractivity contribution in [2.24, 2.45) is 5.41 Å². The Labute approximate surface area is 289 Å². The Morgan fingerprint density at radius 2 is 1.73 bits per heavy atom. The Morgan fingerprint density at radius 1 is 1.08 bits per heavy atom. The molecule has 11 nitrogen and oxygen atoms in total. The number of halogens is 3. The summed E-state index contributed by atoms with van der Waals surface area (Å²) in [6.45, 7) is 5.69. The molecule has 0 radical (unpaired) electrons. The van der Waals surface area contributed by atoms with E-state index in [-0.39, 0.29) is 41.6 Å². The molecule has 4 rings (SSSR count). The van der Waals surface area contributed by atoms with Gasteiger partial charge in [-0.15, -0.1) is 11.3 Å². The molecular formula is C32H38BrF2N4O7PS. The maximum atomic E-state index is 14.3. The molecule has 0 saturated carbocycles. The van der Waals surface area contributed by atoms with Gasteiger partial charge in [-0.1, -0.05) is 42.8 Å². The summed E-state index contributed by atoms with van der Waals surface area (Å²) < 4.78 is 41.3. The van der Waals surface area contributed by atoms with Crippen LogP contribution in [0.15, 0.2) is 53.0 Å². The van der Waals surface area contributed by atoms with Crippen molar-refractivity contribution in [1.29, 1.82) is 0 Å². The van der Waals surface area contributed by atoms with Gasteiger partial charge in [0.2, 0.25) is 17.7 Å². The van der Waals surface area contributed by atoms with Crippen LogP contribution in [0.2, 0.25) is 0 Å². The van der Waals surface area contributed by atoms with E-state index in [4.69, 9.17) is 9.79 Å². The van der Waals surface area contributed by atoms with Gasteiger partial charge in [0, 0.05) is 54.0 Å². The molecule has 1 unspecified atom stereocenters. The lowest BCUT2D eigenvalue weighted by molar-refractivity contribution is -0.141. The highest BCUT2D eigenvalue weighted by Gasteiger charge is 2.50. The van der Waals surface area contributed by atoms with Crippen molar-refractivity contribution in [3.8, 4) is 0 Å². The molecule has 0 bridgehead atoms. The summed E-state index contributed by atoms with van der Waals surface area (Å²) in [4.78, 5) is 77.0. The van der Waals surface area contributed by atoms with Crippen molar-refractivity contribution in [3.05, 3.63) is 63.4 Å². The molecule has 1 aliphatic heterocycles. The number of hydrogen-bond donors (Lipinski definition) is 3. The van der Waals surface area contributed by atoms with Crippen molar-refractivity contribution in [1.82, 2.24) is 15.1 Å². The minimum Gasteiger partial charge on any atom is -0.349 e. The number of amides is 4. The van der Waals surface area contributed by atoms with E-state index in [2.05, 4.69) is 21.2 Å². The SMILES string of the molecule is CN(C)C(=O)CCN(C(=O)[C@@H]1CCCN1C(=O)C(NC(=O)c1cc2cc(C(F)(F)P(=O)(O)O)ccc2s1)C(C)(C)C)c1ccc(Br)cc1. The van der Waals surface area contributed by atoms with Gasteiger partial charge >= 0.3 is 13.3 Å². The van der Waals surface area contributed by atoms with E-state index >= 15 is 0 Å². The van der Waals surface area contributed by atoms with E-state index in [0.717, 1.165) is 27.9 Å². The predicted molar refractivity (Wildman–Crippen MR) is 183 cm³/mol. The van der Waals surface area contributed by atoms with Crippen LogP contribution in [0.3, 0.4) is 0 Å². The zero-order valence-corrected chi connectivity index (χ0v) is 30.4. The Balaban J connectivity index is 1.59. The highest BCUT2D eigenvalue weighted by atomic mass is 79.9. The molecule has 2 atom stereocenters. The zero-order chi connectivity index (χ0) is 35.8. The second-order valence-corrected chi connectivity index (χ2v) is 16.6. The second kappa shape index (κ2) is 14.3. The molecule has 260 valence electrons. The number of fused-ring (bicyclic) bond motifs is 1. The molecule has 1 aromatic heterocycles. The van der Waals surface area contributed by atoms with Crippen molar-refractivity contribution in [2.45, 2.75) is 57.8 Å². The molecule has 0 spiro atoms. The summed E-state index contributed by atoms with van der Waals surface area (Å²) in [5, 5.41) is 2.97. The molecule has 1 fully saturated rings. The van der Waals surface area contributed by atoms with E-state index in [9.17, 15) is 32.5 Å². The first-order valence-corrected chi connectivity index (χ1v) is 18.3. The van der Waals surface area contributed by atoms with E-state index in [1.807, 2.05) is 0 Å². The first-order valence-electron chi connectivity index (χ1n) is 15.1. The van der Waals surface area contributed by atoms with Gasteiger partial charge in [-0.3, -0.25) is 23.7 Å². The largest absolute Gasteiger partial charge is 0.399 e. The van der Waals surface area contributed by atoms with Gasteiger partial charge in [-0.2, -0.15) is 8.78 Å². The average molecular weight is 772 g/mol. The molecule has 2 heterocycles. The fourth-order valence-corrected chi connectivity index (χ4v) is 7.10. The van der Waals surface area contributed by atoms with Crippen LogP contribution in [-0.4, -0.2) is 82.5 Å². The Morgan fingerprint density at radius 3 is 2.31 bits per heavy atom. The summed E-state index contributed by atoms with van der Waals surface area (Å²) >= 11 is 4.37. The van der Waals surface area contributed by atoms with Gasteiger partial charge in [0.25, 0.3) is 5.91 Å². The first-order chi connectivity index (χ1) is 22.2. The first kappa shape index (κ1) is 37.6. The molecule has 3 aromatic rings. The fraction of sp³-hybridized carbons (Fsp3) is 0.438. The molecule has 1 aliphatic rings. The topological polar surface area (TPSA) is 148 Å². The zero-order valence-electron chi connectivity index (χ0n) is 27.1. The summed E-state index contributed by atoms with van der Waals surface area (Å²) in [5.74, 6) is -1.61. The Hall–Kier alpha value is -3.23. The van der Waals surface area contributed by atoms with Crippen LogP contribution in [0.25, 0.3) is 10.1 Å². The molecule has 0 aliphatic carbocycles.